The fourth-order valence-corrected chi connectivity index (χ4v) is 1.59. The minimum Gasteiger partial charge on any atom is -0.435 e. The normalized spacial score (nSPS) is 12.9. The van der Waals surface area contributed by atoms with Crippen LogP contribution in [-0.4, -0.2) is 13.2 Å². The van der Waals surface area contributed by atoms with Crippen molar-refractivity contribution < 1.29 is 13.5 Å². The Morgan fingerprint density at radius 3 is 2.56 bits per heavy atom. The number of halogens is 2. The quantitative estimate of drug-likeness (QED) is 0.836. The summed E-state index contributed by atoms with van der Waals surface area (Å²) in [5.74, 6) is 0.238. The van der Waals surface area contributed by atoms with Crippen LogP contribution in [0.3, 0.4) is 0 Å². The highest BCUT2D eigenvalue weighted by atomic mass is 19.3. The number of ether oxygens (including phenoxy) is 1. The lowest BCUT2D eigenvalue weighted by Gasteiger charge is -2.15. The molecular formula is C12H17F2NO. The Morgan fingerprint density at radius 2 is 2.06 bits per heavy atom. The van der Waals surface area contributed by atoms with Crippen LogP contribution in [0, 0.1) is 6.92 Å². The molecule has 0 bridgehead atoms. The van der Waals surface area contributed by atoms with Gasteiger partial charge in [-0.25, -0.2) is 0 Å². The van der Waals surface area contributed by atoms with Crippen molar-refractivity contribution >= 4 is 0 Å². The Hall–Kier alpha value is -1.16. The van der Waals surface area contributed by atoms with E-state index < -0.39 is 6.61 Å². The van der Waals surface area contributed by atoms with Crippen molar-refractivity contribution in [1.82, 2.24) is 5.32 Å². The molecular weight excluding hydrogens is 212 g/mol. The molecule has 2 nitrogen and oxygen atoms in total. The van der Waals surface area contributed by atoms with Gasteiger partial charge in [-0.3, -0.25) is 0 Å². The molecule has 0 amide bonds. The van der Waals surface area contributed by atoms with Crippen molar-refractivity contribution in [3.8, 4) is 5.75 Å². The molecule has 0 saturated carbocycles. The van der Waals surface area contributed by atoms with E-state index in [4.69, 9.17) is 0 Å². The van der Waals surface area contributed by atoms with Crippen molar-refractivity contribution in [2.75, 3.05) is 6.54 Å². The smallest absolute Gasteiger partial charge is 0.387 e. The van der Waals surface area contributed by atoms with E-state index in [1.165, 1.54) is 0 Å². The summed E-state index contributed by atoms with van der Waals surface area (Å²) in [6.45, 7) is 3.93. The van der Waals surface area contributed by atoms with Gasteiger partial charge in [0.15, 0.2) is 0 Å². The number of aryl methyl sites for hydroxylation is 1. The zero-order chi connectivity index (χ0) is 12.1. The van der Waals surface area contributed by atoms with E-state index in [0.717, 1.165) is 17.7 Å². The van der Waals surface area contributed by atoms with Gasteiger partial charge in [-0.05, 0) is 37.6 Å². The van der Waals surface area contributed by atoms with Crippen LogP contribution in [0.5, 0.6) is 5.75 Å². The number of benzene rings is 1. The first-order chi connectivity index (χ1) is 7.54. The summed E-state index contributed by atoms with van der Waals surface area (Å²) >= 11 is 0. The van der Waals surface area contributed by atoms with Gasteiger partial charge >= 0.3 is 6.61 Å². The van der Waals surface area contributed by atoms with Gasteiger partial charge in [-0.1, -0.05) is 19.1 Å². The van der Waals surface area contributed by atoms with E-state index in [1.54, 1.807) is 19.1 Å². The van der Waals surface area contributed by atoms with E-state index in [-0.39, 0.29) is 11.8 Å². The Balaban J connectivity index is 2.82. The van der Waals surface area contributed by atoms with Gasteiger partial charge in [0.05, 0.1) is 0 Å². The summed E-state index contributed by atoms with van der Waals surface area (Å²) in [4.78, 5) is 0. The molecule has 1 aromatic rings. The monoisotopic (exact) mass is 229 g/mol. The molecule has 0 aliphatic heterocycles. The molecule has 4 heteroatoms. The maximum Gasteiger partial charge on any atom is 0.387 e. The first-order valence-corrected chi connectivity index (χ1v) is 5.33. The molecule has 90 valence electrons. The fourth-order valence-electron chi connectivity index (χ4n) is 1.59. The second-order valence-electron chi connectivity index (χ2n) is 3.68. The van der Waals surface area contributed by atoms with Gasteiger partial charge in [-0.15, -0.1) is 0 Å². The standard InChI is InChI=1S/C12H17F2NO/c1-4-15-9(3)10-5-6-11(8(2)7-10)16-12(13)14/h5-7,9,12,15H,4H2,1-3H3. The molecule has 1 rings (SSSR count). The molecule has 1 N–H and O–H groups in total. The molecule has 0 fully saturated rings. The molecule has 0 saturated heterocycles. The topological polar surface area (TPSA) is 21.3 Å². The third kappa shape index (κ3) is 3.45. The summed E-state index contributed by atoms with van der Waals surface area (Å²) in [6, 6.07) is 5.47. The molecule has 1 unspecified atom stereocenters. The van der Waals surface area contributed by atoms with Crippen LogP contribution >= 0.6 is 0 Å². The number of alkyl halides is 2. The van der Waals surface area contributed by atoms with Gasteiger partial charge in [0.25, 0.3) is 0 Å². The predicted molar refractivity (Wildman–Crippen MR) is 59.9 cm³/mol. The summed E-state index contributed by atoms with van der Waals surface area (Å²) in [6.07, 6.45) is 0. The first kappa shape index (κ1) is 12.9. The van der Waals surface area contributed by atoms with Gasteiger partial charge in [0.2, 0.25) is 0 Å². The molecule has 0 aromatic heterocycles. The highest BCUT2D eigenvalue weighted by molar-refractivity contribution is 5.37. The fraction of sp³-hybridized carbons (Fsp3) is 0.500. The minimum atomic E-state index is -2.77. The summed E-state index contributed by atoms with van der Waals surface area (Å²) < 4.78 is 28.5. The number of hydrogen-bond acceptors (Lipinski definition) is 2. The van der Waals surface area contributed by atoms with Crippen LogP contribution in [0.2, 0.25) is 0 Å². The average Bonchev–Trinajstić information content (AvgIpc) is 2.20. The molecule has 16 heavy (non-hydrogen) atoms. The van der Waals surface area contributed by atoms with E-state index in [1.807, 2.05) is 19.9 Å². The van der Waals surface area contributed by atoms with Crippen molar-refractivity contribution in [3.63, 3.8) is 0 Å². The largest absolute Gasteiger partial charge is 0.435 e. The van der Waals surface area contributed by atoms with Crippen molar-refractivity contribution in [3.05, 3.63) is 29.3 Å². The van der Waals surface area contributed by atoms with Crippen LogP contribution in [0.4, 0.5) is 8.78 Å². The van der Waals surface area contributed by atoms with Crippen LogP contribution in [-0.2, 0) is 0 Å². The summed E-state index contributed by atoms with van der Waals surface area (Å²) in [7, 11) is 0. The Morgan fingerprint density at radius 1 is 1.38 bits per heavy atom. The highest BCUT2D eigenvalue weighted by Gasteiger charge is 2.09. The van der Waals surface area contributed by atoms with Gasteiger partial charge < -0.3 is 10.1 Å². The van der Waals surface area contributed by atoms with E-state index in [9.17, 15) is 8.78 Å². The molecule has 0 spiro atoms. The second kappa shape index (κ2) is 5.80. The van der Waals surface area contributed by atoms with Gasteiger partial charge in [0, 0.05) is 6.04 Å². The van der Waals surface area contributed by atoms with Crippen LogP contribution < -0.4 is 10.1 Å². The highest BCUT2D eigenvalue weighted by Crippen LogP contribution is 2.24. The first-order valence-electron chi connectivity index (χ1n) is 5.33. The zero-order valence-electron chi connectivity index (χ0n) is 9.76. The van der Waals surface area contributed by atoms with Gasteiger partial charge in [0.1, 0.15) is 5.75 Å². The summed E-state index contributed by atoms with van der Waals surface area (Å²) in [5.41, 5.74) is 1.79. The molecule has 1 atom stereocenters. The number of hydrogen-bond donors (Lipinski definition) is 1. The third-order valence-corrected chi connectivity index (χ3v) is 2.43. The molecule has 0 aliphatic carbocycles. The molecule has 0 radical (unpaired) electrons. The number of rotatable bonds is 5. The Kier molecular flexibility index (Phi) is 4.68. The Labute approximate surface area is 94.6 Å². The van der Waals surface area contributed by atoms with Gasteiger partial charge in [-0.2, -0.15) is 8.78 Å². The van der Waals surface area contributed by atoms with Crippen LogP contribution in [0.15, 0.2) is 18.2 Å². The third-order valence-electron chi connectivity index (χ3n) is 2.43. The van der Waals surface area contributed by atoms with Crippen molar-refractivity contribution in [2.24, 2.45) is 0 Å². The van der Waals surface area contributed by atoms with E-state index in [0.29, 0.717) is 0 Å². The lowest BCUT2D eigenvalue weighted by atomic mass is 10.1. The zero-order valence-corrected chi connectivity index (χ0v) is 9.76. The van der Waals surface area contributed by atoms with Crippen molar-refractivity contribution in [1.29, 1.82) is 0 Å². The molecule has 0 heterocycles. The van der Waals surface area contributed by atoms with E-state index in [2.05, 4.69) is 10.1 Å². The summed E-state index contributed by atoms with van der Waals surface area (Å²) in [5, 5.41) is 3.26. The molecule has 1 aromatic carbocycles. The predicted octanol–water partition coefficient (Wildman–Crippen LogP) is 3.27. The second-order valence-corrected chi connectivity index (χ2v) is 3.68. The van der Waals surface area contributed by atoms with Crippen LogP contribution in [0.1, 0.15) is 31.0 Å². The maximum atomic E-state index is 12.0. The minimum absolute atomic E-state index is 0.212. The molecule has 0 aliphatic rings. The van der Waals surface area contributed by atoms with E-state index >= 15 is 0 Å². The lowest BCUT2D eigenvalue weighted by Crippen LogP contribution is -2.17. The lowest BCUT2D eigenvalue weighted by molar-refractivity contribution is -0.0503. The van der Waals surface area contributed by atoms with Crippen molar-refractivity contribution in [2.45, 2.75) is 33.4 Å². The number of nitrogens with one attached hydrogen (secondary N) is 1. The maximum absolute atomic E-state index is 12.0. The average molecular weight is 229 g/mol. The Bertz CT molecular complexity index is 342. The SMILES string of the molecule is CCNC(C)c1ccc(OC(F)F)c(C)c1. The van der Waals surface area contributed by atoms with Crippen LogP contribution in [0.25, 0.3) is 0 Å².